The average Bonchev–Trinajstić information content (AvgIpc) is 2.43. The number of unbranched alkanes of at least 4 members (excludes halogenated alkanes) is 2. The second-order valence-corrected chi connectivity index (χ2v) is 6.30. The first-order valence-corrected chi connectivity index (χ1v) is 7.95. The van der Waals surface area contributed by atoms with Gasteiger partial charge in [-0.25, -0.2) is 13.1 Å². The quantitative estimate of drug-likeness (QED) is 0.703. The van der Waals surface area contributed by atoms with E-state index >= 15 is 0 Å². The molecule has 0 saturated carbocycles. The van der Waals surface area contributed by atoms with Crippen LogP contribution in [0.25, 0.3) is 0 Å². The summed E-state index contributed by atoms with van der Waals surface area (Å²) in [6.07, 6.45) is 3.06. The fourth-order valence-electron chi connectivity index (χ4n) is 1.90. The van der Waals surface area contributed by atoms with Gasteiger partial charge in [-0.3, -0.25) is 0 Å². The van der Waals surface area contributed by atoms with Crippen molar-refractivity contribution in [1.29, 1.82) is 0 Å². The van der Waals surface area contributed by atoms with Crippen LogP contribution in [0, 0.1) is 0 Å². The van der Waals surface area contributed by atoms with Crippen molar-refractivity contribution < 1.29 is 8.42 Å². The molecule has 0 saturated heterocycles. The monoisotopic (exact) mass is 285 g/mol. The number of nitrogens with one attached hydrogen (secondary N) is 1. The molecule has 108 valence electrons. The molecule has 1 aromatic rings. The summed E-state index contributed by atoms with van der Waals surface area (Å²) in [5.41, 5.74) is 6.18. The molecule has 3 N–H and O–H groups in total. The van der Waals surface area contributed by atoms with E-state index in [0.717, 1.165) is 31.5 Å². The first-order chi connectivity index (χ1) is 9.03. The van der Waals surface area contributed by atoms with E-state index in [4.69, 9.17) is 5.73 Å². The van der Waals surface area contributed by atoms with Crippen molar-refractivity contribution in [1.82, 2.24) is 4.72 Å². The fraction of sp³-hybridized carbons (Fsp3) is 0.538. The van der Waals surface area contributed by atoms with Crippen LogP contribution in [-0.2, 0) is 10.0 Å². The van der Waals surface area contributed by atoms with E-state index < -0.39 is 10.0 Å². The van der Waals surface area contributed by atoms with E-state index in [2.05, 4.69) is 4.72 Å². The van der Waals surface area contributed by atoms with E-state index in [-0.39, 0.29) is 0 Å². The van der Waals surface area contributed by atoms with Crippen LogP contribution in [0.4, 0.5) is 5.69 Å². The van der Waals surface area contributed by atoms with E-state index in [9.17, 15) is 8.42 Å². The van der Waals surface area contributed by atoms with E-state index in [1.54, 1.807) is 12.1 Å². The Morgan fingerprint density at radius 1 is 1.21 bits per heavy atom. The molecule has 19 heavy (non-hydrogen) atoms. The van der Waals surface area contributed by atoms with Crippen molar-refractivity contribution in [3.8, 4) is 0 Å². The predicted molar refractivity (Wildman–Crippen MR) is 78.9 cm³/mol. The van der Waals surface area contributed by atoms with E-state index in [1.165, 1.54) is 7.05 Å². The lowest BCUT2D eigenvalue weighted by molar-refractivity contribution is 0.587. The maximum absolute atomic E-state index is 11.9. The number of sulfonamides is 1. The van der Waals surface area contributed by atoms with Crippen LogP contribution >= 0.6 is 0 Å². The second kappa shape index (κ2) is 7.47. The van der Waals surface area contributed by atoms with Crippen molar-refractivity contribution in [3.05, 3.63) is 24.3 Å². The molecule has 0 aliphatic carbocycles. The third-order valence-corrected chi connectivity index (χ3v) is 4.49. The zero-order valence-electron chi connectivity index (χ0n) is 11.6. The molecule has 0 fully saturated rings. The zero-order chi connectivity index (χ0) is 14.3. The van der Waals surface area contributed by atoms with Crippen LogP contribution in [0.1, 0.15) is 19.3 Å². The summed E-state index contributed by atoms with van der Waals surface area (Å²) in [5, 5.41) is 0. The maximum atomic E-state index is 11.9. The minimum Gasteiger partial charge on any atom is -0.374 e. The molecule has 0 aliphatic heterocycles. The maximum Gasteiger partial charge on any atom is 0.242 e. The summed E-state index contributed by atoms with van der Waals surface area (Å²) < 4.78 is 26.3. The van der Waals surface area contributed by atoms with Crippen LogP contribution in [0.2, 0.25) is 0 Å². The molecule has 0 aromatic heterocycles. The van der Waals surface area contributed by atoms with Gasteiger partial charge in [-0.05, 0) is 38.6 Å². The lowest BCUT2D eigenvalue weighted by Crippen LogP contribution is -2.25. The van der Waals surface area contributed by atoms with Gasteiger partial charge in [-0.2, -0.15) is 0 Å². The van der Waals surface area contributed by atoms with Crippen molar-refractivity contribution >= 4 is 15.7 Å². The molecule has 0 radical (unpaired) electrons. The Morgan fingerprint density at radius 2 is 1.89 bits per heavy atom. The summed E-state index contributed by atoms with van der Waals surface area (Å²) in [6.45, 7) is 1.52. The van der Waals surface area contributed by atoms with Crippen LogP contribution in [0.5, 0.6) is 0 Å². The fourth-order valence-corrected chi connectivity index (χ4v) is 2.88. The van der Waals surface area contributed by atoms with Crippen LogP contribution in [-0.4, -0.2) is 35.6 Å². The third kappa shape index (κ3) is 4.49. The molecular formula is C13H23N3O2S. The van der Waals surface area contributed by atoms with Gasteiger partial charge >= 0.3 is 0 Å². The normalized spacial score (nSPS) is 11.5. The lowest BCUT2D eigenvalue weighted by Gasteiger charge is -2.22. The summed E-state index contributed by atoms with van der Waals surface area (Å²) in [7, 11) is -0.0876. The van der Waals surface area contributed by atoms with Gasteiger partial charge in [0.2, 0.25) is 10.0 Å². The average molecular weight is 285 g/mol. The smallest absolute Gasteiger partial charge is 0.242 e. The minimum absolute atomic E-state index is 0.318. The van der Waals surface area contributed by atoms with Gasteiger partial charge in [0.05, 0.1) is 5.69 Å². The topological polar surface area (TPSA) is 75.4 Å². The first-order valence-electron chi connectivity index (χ1n) is 6.46. The van der Waals surface area contributed by atoms with Crippen molar-refractivity contribution in [3.63, 3.8) is 0 Å². The highest BCUT2D eigenvalue weighted by molar-refractivity contribution is 7.89. The first kappa shape index (κ1) is 15.9. The molecule has 0 heterocycles. The van der Waals surface area contributed by atoms with Crippen molar-refractivity contribution in [2.75, 3.05) is 32.1 Å². The van der Waals surface area contributed by atoms with Gasteiger partial charge < -0.3 is 10.6 Å². The second-order valence-electron chi connectivity index (χ2n) is 4.45. The standard InChI is InChI=1S/C13H23N3O2S/c1-15-19(17,18)13-9-5-4-8-12(13)16(2)11-7-3-6-10-14/h4-5,8-9,15H,3,6-7,10-11,14H2,1-2H3. The lowest BCUT2D eigenvalue weighted by atomic mass is 10.2. The number of nitrogens with two attached hydrogens (primary N) is 1. The molecule has 6 heteroatoms. The minimum atomic E-state index is -3.42. The Bertz CT molecular complexity index is 488. The number of benzene rings is 1. The predicted octanol–water partition coefficient (Wildman–Crippen LogP) is 1.16. The highest BCUT2D eigenvalue weighted by atomic mass is 32.2. The molecule has 5 nitrogen and oxygen atoms in total. The highest BCUT2D eigenvalue weighted by Gasteiger charge is 2.17. The van der Waals surface area contributed by atoms with Gasteiger partial charge in [0.25, 0.3) is 0 Å². The molecule has 0 unspecified atom stereocenters. The highest BCUT2D eigenvalue weighted by Crippen LogP contribution is 2.23. The number of para-hydroxylation sites is 1. The number of nitrogens with zero attached hydrogens (tertiary/aromatic N) is 1. The third-order valence-electron chi connectivity index (χ3n) is 3.03. The van der Waals surface area contributed by atoms with E-state index in [1.807, 2.05) is 24.1 Å². The Morgan fingerprint density at radius 3 is 2.53 bits per heavy atom. The molecular weight excluding hydrogens is 262 g/mol. The molecule has 0 atom stereocenters. The molecule has 0 bridgehead atoms. The number of rotatable bonds is 8. The molecule has 1 aromatic carbocycles. The molecule has 0 spiro atoms. The zero-order valence-corrected chi connectivity index (χ0v) is 12.4. The molecule has 0 amide bonds. The largest absolute Gasteiger partial charge is 0.374 e. The Hall–Kier alpha value is -1.11. The van der Waals surface area contributed by atoms with Crippen molar-refractivity contribution in [2.45, 2.75) is 24.2 Å². The number of anilines is 1. The summed E-state index contributed by atoms with van der Waals surface area (Å²) in [6, 6.07) is 7.03. The summed E-state index contributed by atoms with van der Waals surface area (Å²) in [4.78, 5) is 2.29. The number of hydrogen-bond donors (Lipinski definition) is 2. The number of hydrogen-bond acceptors (Lipinski definition) is 4. The molecule has 1 rings (SSSR count). The van der Waals surface area contributed by atoms with Crippen LogP contribution in [0.3, 0.4) is 0 Å². The van der Waals surface area contributed by atoms with Gasteiger partial charge in [-0.15, -0.1) is 0 Å². The van der Waals surface area contributed by atoms with E-state index in [0.29, 0.717) is 11.4 Å². The molecule has 0 aliphatic rings. The Kier molecular flexibility index (Phi) is 6.27. The van der Waals surface area contributed by atoms with Gasteiger partial charge in [0.15, 0.2) is 0 Å². The van der Waals surface area contributed by atoms with Gasteiger partial charge in [-0.1, -0.05) is 18.6 Å². The Labute approximate surface area is 115 Å². The van der Waals surface area contributed by atoms with Gasteiger partial charge in [0, 0.05) is 13.6 Å². The van der Waals surface area contributed by atoms with Crippen molar-refractivity contribution in [2.24, 2.45) is 5.73 Å². The van der Waals surface area contributed by atoms with Crippen LogP contribution in [0.15, 0.2) is 29.2 Å². The van der Waals surface area contributed by atoms with Gasteiger partial charge in [0.1, 0.15) is 4.90 Å². The summed E-state index contributed by atoms with van der Waals surface area (Å²) in [5.74, 6) is 0. The Balaban J connectivity index is 2.83. The SMILES string of the molecule is CNS(=O)(=O)c1ccccc1N(C)CCCCCN. The van der Waals surface area contributed by atoms with Crippen LogP contribution < -0.4 is 15.4 Å². The summed E-state index contributed by atoms with van der Waals surface area (Å²) >= 11 is 0.